The summed E-state index contributed by atoms with van der Waals surface area (Å²) in [5.41, 5.74) is 0. The Morgan fingerprint density at radius 1 is 1.69 bits per heavy atom. The van der Waals surface area contributed by atoms with E-state index < -0.39 is 0 Å². The summed E-state index contributed by atoms with van der Waals surface area (Å²) < 4.78 is 1.23. The quantitative estimate of drug-likeness (QED) is 0.834. The highest BCUT2D eigenvalue weighted by molar-refractivity contribution is 9.10. The van der Waals surface area contributed by atoms with Gasteiger partial charge in [0.1, 0.15) is 5.00 Å². The van der Waals surface area contributed by atoms with Gasteiger partial charge in [0.15, 0.2) is 0 Å². The zero-order valence-electron chi connectivity index (χ0n) is 7.59. The smallest absolute Gasteiger partial charge is 0.105 e. The molecule has 1 fully saturated rings. The predicted octanol–water partition coefficient (Wildman–Crippen LogP) is 2.31. The molecule has 0 saturated carbocycles. The average molecular weight is 261 g/mol. The molecule has 0 spiro atoms. The normalized spacial score (nSPS) is 23.5. The molecule has 1 atom stereocenters. The molecule has 72 valence electrons. The number of thiophene rings is 1. The van der Waals surface area contributed by atoms with Gasteiger partial charge in [-0.3, -0.25) is 0 Å². The zero-order chi connectivity index (χ0) is 9.26. The van der Waals surface area contributed by atoms with Crippen molar-refractivity contribution in [1.29, 1.82) is 0 Å². The van der Waals surface area contributed by atoms with Crippen LogP contribution < -0.4 is 10.2 Å². The molecule has 4 heteroatoms. The molecule has 1 aliphatic heterocycles. The lowest BCUT2D eigenvalue weighted by atomic mass is 10.2. The molecule has 0 amide bonds. The Bertz CT molecular complexity index is 287. The van der Waals surface area contributed by atoms with Gasteiger partial charge in [0.05, 0.1) is 4.47 Å². The van der Waals surface area contributed by atoms with Crippen LogP contribution in [-0.4, -0.2) is 25.7 Å². The van der Waals surface area contributed by atoms with E-state index in [-0.39, 0.29) is 0 Å². The van der Waals surface area contributed by atoms with Crippen LogP contribution in [0.4, 0.5) is 5.00 Å². The van der Waals surface area contributed by atoms with Crippen molar-refractivity contribution in [3.63, 3.8) is 0 Å². The maximum Gasteiger partial charge on any atom is 0.105 e. The Kier molecular flexibility index (Phi) is 2.91. The van der Waals surface area contributed by atoms with Gasteiger partial charge in [-0.1, -0.05) is 0 Å². The summed E-state index contributed by atoms with van der Waals surface area (Å²) in [6, 6.07) is 2.72. The van der Waals surface area contributed by atoms with Crippen molar-refractivity contribution in [1.82, 2.24) is 5.32 Å². The third-order valence-corrected chi connectivity index (χ3v) is 4.13. The fourth-order valence-corrected chi connectivity index (χ4v) is 3.29. The van der Waals surface area contributed by atoms with E-state index in [9.17, 15) is 0 Å². The van der Waals surface area contributed by atoms with E-state index in [2.05, 4.69) is 44.5 Å². The maximum absolute atomic E-state index is 3.57. The number of nitrogens with zero attached hydrogens (tertiary/aromatic N) is 1. The highest BCUT2D eigenvalue weighted by atomic mass is 79.9. The van der Waals surface area contributed by atoms with E-state index in [1.54, 1.807) is 0 Å². The van der Waals surface area contributed by atoms with Crippen molar-refractivity contribution in [2.24, 2.45) is 0 Å². The number of nitrogens with one attached hydrogen (secondary N) is 1. The van der Waals surface area contributed by atoms with Crippen LogP contribution in [0.25, 0.3) is 0 Å². The SMILES string of the molecule is CC1CN(c2sccc2Br)CCN1. The Labute approximate surface area is 91.1 Å². The first-order chi connectivity index (χ1) is 6.27. The van der Waals surface area contributed by atoms with Crippen molar-refractivity contribution in [2.75, 3.05) is 24.5 Å². The molecule has 1 N–H and O–H groups in total. The minimum atomic E-state index is 0.600. The van der Waals surface area contributed by atoms with Gasteiger partial charge < -0.3 is 10.2 Å². The van der Waals surface area contributed by atoms with E-state index >= 15 is 0 Å². The van der Waals surface area contributed by atoms with Gasteiger partial charge in [-0.15, -0.1) is 11.3 Å². The highest BCUT2D eigenvalue weighted by Crippen LogP contribution is 2.32. The third-order valence-electron chi connectivity index (χ3n) is 2.25. The van der Waals surface area contributed by atoms with E-state index in [4.69, 9.17) is 0 Å². The number of rotatable bonds is 1. The highest BCUT2D eigenvalue weighted by Gasteiger charge is 2.18. The second-order valence-electron chi connectivity index (χ2n) is 3.37. The van der Waals surface area contributed by atoms with Crippen molar-refractivity contribution < 1.29 is 0 Å². The minimum Gasteiger partial charge on any atom is -0.360 e. The van der Waals surface area contributed by atoms with Crippen molar-refractivity contribution in [2.45, 2.75) is 13.0 Å². The monoisotopic (exact) mass is 260 g/mol. The second-order valence-corrected chi connectivity index (χ2v) is 5.12. The first kappa shape index (κ1) is 9.49. The Balaban J connectivity index is 2.12. The van der Waals surface area contributed by atoms with Crippen molar-refractivity contribution >= 4 is 32.3 Å². The van der Waals surface area contributed by atoms with Gasteiger partial charge in [0.25, 0.3) is 0 Å². The van der Waals surface area contributed by atoms with Gasteiger partial charge in [0, 0.05) is 25.7 Å². The Morgan fingerprint density at radius 2 is 2.54 bits per heavy atom. The summed E-state index contributed by atoms with van der Waals surface area (Å²) in [5, 5.41) is 6.94. The summed E-state index contributed by atoms with van der Waals surface area (Å²) in [6.07, 6.45) is 0. The zero-order valence-corrected chi connectivity index (χ0v) is 9.99. The van der Waals surface area contributed by atoms with Gasteiger partial charge in [-0.05, 0) is 34.3 Å². The molecule has 1 aromatic rings. The number of hydrogen-bond acceptors (Lipinski definition) is 3. The molecular weight excluding hydrogens is 248 g/mol. The lowest BCUT2D eigenvalue weighted by Gasteiger charge is -2.32. The second kappa shape index (κ2) is 3.98. The number of hydrogen-bond donors (Lipinski definition) is 1. The number of anilines is 1. The largest absolute Gasteiger partial charge is 0.360 e. The molecule has 13 heavy (non-hydrogen) atoms. The average Bonchev–Trinajstić information content (AvgIpc) is 2.51. The van der Waals surface area contributed by atoms with Crippen LogP contribution in [0.3, 0.4) is 0 Å². The molecule has 2 heterocycles. The molecule has 1 aliphatic rings. The van der Waals surface area contributed by atoms with Gasteiger partial charge in [-0.2, -0.15) is 0 Å². The van der Waals surface area contributed by atoms with Crippen LogP contribution in [0.15, 0.2) is 15.9 Å². The third kappa shape index (κ3) is 2.06. The van der Waals surface area contributed by atoms with E-state index in [0.29, 0.717) is 6.04 Å². The van der Waals surface area contributed by atoms with Crippen LogP contribution in [0.2, 0.25) is 0 Å². The summed E-state index contributed by atoms with van der Waals surface area (Å²) in [5.74, 6) is 0. The van der Waals surface area contributed by atoms with Crippen LogP contribution in [0, 0.1) is 0 Å². The minimum absolute atomic E-state index is 0.600. The fourth-order valence-electron chi connectivity index (χ4n) is 1.63. The lowest BCUT2D eigenvalue weighted by molar-refractivity contribution is 0.486. The van der Waals surface area contributed by atoms with Crippen molar-refractivity contribution in [3.8, 4) is 0 Å². The topological polar surface area (TPSA) is 15.3 Å². The molecule has 0 bridgehead atoms. The Morgan fingerprint density at radius 3 is 3.15 bits per heavy atom. The number of piperazine rings is 1. The number of halogens is 1. The molecule has 0 aromatic carbocycles. The van der Waals surface area contributed by atoms with Crippen LogP contribution in [-0.2, 0) is 0 Å². The molecule has 2 rings (SSSR count). The fraction of sp³-hybridized carbons (Fsp3) is 0.556. The Hall–Kier alpha value is -0.0600. The molecule has 1 saturated heterocycles. The summed E-state index contributed by atoms with van der Waals surface area (Å²) >= 11 is 5.38. The van der Waals surface area contributed by atoms with E-state index in [1.807, 2.05) is 11.3 Å². The van der Waals surface area contributed by atoms with Crippen LogP contribution in [0.1, 0.15) is 6.92 Å². The first-order valence-corrected chi connectivity index (χ1v) is 6.16. The molecule has 1 unspecified atom stereocenters. The summed E-state index contributed by atoms with van der Waals surface area (Å²) in [4.78, 5) is 2.44. The maximum atomic E-state index is 3.57. The molecular formula is C9H13BrN2S. The van der Waals surface area contributed by atoms with Crippen molar-refractivity contribution in [3.05, 3.63) is 15.9 Å². The van der Waals surface area contributed by atoms with Gasteiger partial charge in [0.2, 0.25) is 0 Å². The van der Waals surface area contributed by atoms with Gasteiger partial charge in [-0.25, -0.2) is 0 Å². The van der Waals surface area contributed by atoms with E-state index in [1.165, 1.54) is 9.47 Å². The molecule has 0 aliphatic carbocycles. The standard InChI is InChI=1S/C9H13BrN2S/c1-7-6-12(4-3-11-7)9-8(10)2-5-13-9/h2,5,7,11H,3-4,6H2,1H3. The molecule has 1 aromatic heterocycles. The summed E-state index contributed by atoms with van der Waals surface area (Å²) in [6.45, 7) is 5.54. The lowest BCUT2D eigenvalue weighted by Crippen LogP contribution is -2.49. The van der Waals surface area contributed by atoms with Crippen LogP contribution >= 0.6 is 27.3 Å². The first-order valence-electron chi connectivity index (χ1n) is 4.48. The molecule has 2 nitrogen and oxygen atoms in total. The summed E-state index contributed by atoms with van der Waals surface area (Å²) in [7, 11) is 0. The molecule has 0 radical (unpaired) electrons. The van der Waals surface area contributed by atoms with Gasteiger partial charge >= 0.3 is 0 Å². The van der Waals surface area contributed by atoms with Crippen LogP contribution in [0.5, 0.6) is 0 Å². The van der Waals surface area contributed by atoms with E-state index in [0.717, 1.165) is 19.6 Å². The predicted molar refractivity (Wildman–Crippen MR) is 61.7 cm³/mol.